The second-order valence-electron chi connectivity index (χ2n) is 4.64. The van der Waals surface area contributed by atoms with Crippen LogP contribution in [0, 0.1) is 0 Å². The van der Waals surface area contributed by atoms with E-state index >= 15 is 0 Å². The van der Waals surface area contributed by atoms with Gasteiger partial charge in [0.25, 0.3) is 0 Å². The smallest absolute Gasteiger partial charge is 0.116 e. The van der Waals surface area contributed by atoms with E-state index in [1.165, 1.54) is 16.7 Å². The van der Waals surface area contributed by atoms with Gasteiger partial charge in [-0.15, -0.1) is 12.4 Å². The molecule has 0 amide bonds. The predicted molar refractivity (Wildman–Crippen MR) is 81.0 cm³/mol. The van der Waals surface area contributed by atoms with Gasteiger partial charge < -0.3 is 10.1 Å². The topological polar surface area (TPSA) is 47.0 Å². The lowest BCUT2D eigenvalue weighted by molar-refractivity contribution is 0.0440. The molecule has 0 unspecified atom stereocenters. The number of rotatable bonds is 3. The van der Waals surface area contributed by atoms with Crippen molar-refractivity contribution < 1.29 is 4.74 Å². The van der Waals surface area contributed by atoms with Gasteiger partial charge in [-0.2, -0.15) is 0 Å². The minimum absolute atomic E-state index is 0. The van der Waals surface area contributed by atoms with Gasteiger partial charge in [0.05, 0.1) is 18.4 Å². The molecular formula is C15H18ClN3O. The molecule has 0 spiro atoms. The molecule has 0 aliphatic carbocycles. The molecule has 1 N–H and O–H groups in total. The third-order valence-electron chi connectivity index (χ3n) is 3.48. The molecule has 5 heteroatoms. The SMILES string of the molecule is CNC[C@@H]1OCCc2c(-c3ccncn3)cccc21.Cl. The summed E-state index contributed by atoms with van der Waals surface area (Å²) in [5.41, 5.74) is 4.81. The fourth-order valence-corrected chi connectivity index (χ4v) is 2.62. The van der Waals surface area contributed by atoms with Crippen molar-refractivity contribution in [3.63, 3.8) is 0 Å². The van der Waals surface area contributed by atoms with Gasteiger partial charge in [-0.1, -0.05) is 18.2 Å². The first-order valence-corrected chi connectivity index (χ1v) is 6.54. The molecule has 106 valence electrons. The van der Waals surface area contributed by atoms with Crippen LogP contribution in [0.15, 0.2) is 36.8 Å². The van der Waals surface area contributed by atoms with Crippen LogP contribution in [0.4, 0.5) is 0 Å². The standard InChI is InChI=1S/C15H17N3O.ClH/c1-16-9-15-13-4-2-3-12(11(13)6-8-19-15)14-5-7-17-10-18-14;/h2-5,7,10,15-16H,6,8-9H2,1H3;1H/t15-;/m0./s1. The Hall–Kier alpha value is -1.49. The highest BCUT2D eigenvalue weighted by atomic mass is 35.5. The normalized spacial score (nSPS) is 17.1. The molecular weight excluding hydrogens is 274 g/mol. The number of fused-ring (bicyclic) bond motifs is 1. The lowest BCUT2D eigenvalue weighted by Gasteiger charge is -2.27. The molecule has 1 aromatic carbocycles. The summed E-state index contributed by atoms with van der Waals surface area (Å²) in [6, 6.07) is 8.32. The number of nitrogens with zero attached hydrogens (tertiary/aromatic N) is 2. The summed E-state index contributed by atoms with van der Waals surface area (Å²) in [4.78, 5) is 8.34. The van der Waals surface area contributed by atoms with Gasteiger partial charge in [0, 0.05) is 18.3 Å². The molecule has 20 heavy (non-hydrogen) atoms. The molecule has 2 heterocycles. The number of benzene rings is 1. The number of halogens is 1. The summed E-state index contributed by atoms with van der Waals surface area (Å²) in [5.74, 6) is 0. The van der Waals surface area contributed by atoms with Gasteiger partial charge in [-0.05, 0) is 30.7 Å². The van der Waals surface area contributed by atoms with Gasteiger partial charge in [0.1, 0.15) is 6.33 Å². The molecule has 1 aromatic heterocycles. The molecule has 1 atom stereocenters. The van der Waals surface area contributed by atoms with Crippen molar-refractivity contribution in [1.82, 2.24) is 15.3 Å². The maximum absolute atomic E-state index is 5.84. The van der Waals surface area contributed by atoms with E-state index in [9.17, 15) is 0 Å². The van der Waals surface area contributed by atoms with Crippen LogP contribution < -0.4 is 5.32 Å². The molecule has 0 bridgehead atoms. The number of likely N-dealkylation sites (N-methyl/N-ethyl adjacent to an activating group) is 1. The Labute approximate surface area is 125 Å². The van der Waals surface area contributed by atoms with Crippen molar-refractivity contribution in [2.45, 2.75) is 12.5 Å². The van der Waals surface area contributed by atoms with E-state index in [0.29, 0.717) is 0 Å². The molecule has 3 rings (SSSR count). The van der Waals surface area contributed by atoms with Crippen molar-refractivity contribution in [3.8, 4) is 11.3 Å². The Kier molecular flexibility index (Phi) is 5.06. The van der Waals surface area contributed by atoms with Gasteiger partial charge in [0.2, 0.25) is 0 Å². The monoisotopic (exact) mass is 291 g/mol. The fourth-order valence-electron chi connectivity index (χ4n) is 2.62. The quantitative estimate of drug-likeness (QED) is 0.943. The van der Waals surface area contributed by atoms with Crippen molar-refractivity contribution in [3.05, 3.63) is 47.9 Å². The summed E-state index contributed by atoms with van der Waals surface area (Å²) in [5, 5.41) is 3.19. The second-order valence-corrected chi connectivity index (χ2v) is 4.64. The van der Waals surface area contributed by atoms with Crippen LogP contribution in [0.5, 0.6) is 0 Å². The Morgan fingerprint density at radius 3 is 3.00 bits per heavy atom. The average Bonchev–Trinajstić information content (AvgIpc) is 2.48. The van der Waals surface area contributed by atoms with E-state index in [0.717, 1.165) is 25.3 Å². The van der Waals surface area contributed by atoms with Crippen LogP contribution in [0.2, 0.25) is 0 Å². The van der Waals surface area contributed by atoms with Crippen molar-refractivity contribution >= 4 is 12.4 Å². The molecule has 2 aromatic rings. The Bertz CT molecular complexity index is 562. The Balaban J connectivity index is 0.00000147. The van der Waals surface area contributed by atoms with Gasteiger partial charge in [-0.25, -0.2) is 9.97 Å². The molecule has 0 saturated heterocycles. The summed E-state index contributed by atoms with van der Waals surface area (Å²) in [7, 11) is 1.95. The van der Waals surface area contributed by atoms with E-state index in [1.54, 1.807) is 12.5 Å². The van der Waals surface area contributed by atoms with Gasteiger partial charge in [0.15, 0.2) is 0 Å². The summed E-state index contributed by atoms with van der Waals surface area (Å²) in [6.45, 7) is 1.60. The van der Waals surface area contributed by atoms with Crippen LogP contribution in [0.1, 0.15) is 17.2 Å². The number of ether oxygens (including phenoxy) is 1. The van der Waals surface area contributed by atoms with Crippen LogP contribution in [0.3, 0.4) is 0 Å². The Morgan fingerprint density at radius 1 is 1.35 bits per heavy atom. The third-order valence-corrected chi connectivity index (χ3v) is 3.48. The van der Waals surface area contributed by atoms with Crippen LogP contribution >= 0.6 is 12.4 Å². The highest BCUT2D eigenvalue weighted by Gasteiger charge is 2.22. The minimum atomic E-state index is 0. The van der Waals surface area contributed by atoms with E-state index in [2.05, 4.69) is 33.5 Å². The van der Waals surface area contributed by atoms with Crippen molar-refractivity contribution in [2.24, 2.45) is 0 Å². The predicted octanol–water partition coefficient (Wildman–Crippen LogP) is 2.40. The lowest BCUT2D eigenvalue weighted by atomic mass is 9.91. The highest BCUT2D eigenvalue weighted by molar-refractivity contribution is 5.85. The summed E-state index contributed by atoms with van der Waals surface area (Å²) in [6.07, 6.45) is 4.46. The zero-order valence-corrected chi connectivity index (χ0v) is 12.2. The largest absolute Gasteiger partial charge is 0.372 e. The molecule has 4 nitrogen and oxygen atoms in total. The van der Waals surface area contributed by atoms with E-state index in [1.807, 2.05) is 13.1 Å². The zero-order valence-electron chi connectivity index (χ0n) is 11.4. The summed E-state index contributed by atoms with van der Waals surface area (Å²) >= 11 is 0. The molecule has 1 aliphatic rings. The van der Waals surface area contributed by atoms with Crippen molar-refractivity contribution in [1.29, 1.82) is 0 Å². The molecule has 0 saturated carbocycles. The van der Waals surface area contributed by atoms with Gasteiger partial charge >= 0.3 is 0 Å². The lowest BCUT2D eigenvalue weighted by Crippen LogP contribution is -2.25. The number of hydrogen-bond donors (Lipinski definition) is 1. The van der Waals surface area contributed by atoms with Crippen molar-refractivity contribution in [2.75, 3.05) is 20.2 Å². The minimum Gasteiger partial charge on any atom is -0.372 e. The third kappa shape index (κ3) is 2.82. The molecule has 0 radical (unpaired) electrons. The first kappa shape index (κ1) is 14.9. The van der Waals surface area contributed by atoms with Crippen LogP contribution in [0.25, 0.3) is 11.3 Å². The summed E-state index contributed by atoms with van der Waals surface area (Å²) < 4.78 is 5.84. The van der Waals surface area contributed by atoms with E-state index < -0.39 is 0 Å². The van der Waals surface area contributed by atoms with E-state index in [4.69, 9.17) is 4.74 Å². The zero-order chi connectivity index (χ0) is 13.1. The highest BCUT2D eigenvalue weighted by Crippen LogP contribution is 2.33. The molecule has 0 fully saturated rings. The number of aromatic nitrogens is 2. The first-order chi connectivity index (χ1) is 9.40. The van der Waals surface area contributed by atoms with E-state index in [-0.39, 0.29) is 18.5 Å². The number of nitrogens with one attached hydrogen (secondary N) is 1. The fraction of sp³-hybridized carbons (Fsp3) is 0.333. The average molecular weight is 292 g/mol. The van der Waals surface area contributed by atoms with Gasteiger partial charge in [-0.3, -0.25) is 0 Å². The van der Waals surface area contributed by atoms with Crippen LogP contribution in [-0.2, 0) is 11.2 Å². The maximum Gasteiger partial charge on any atom is 0.116 e. The maximum atomic E-state index is 5.84. The molecule has 1 aliphatic heterocycles. The first-order valence-electron chi connectivity index (χ1n) is 6.54. The van der Waals surface area contributed by atoms with Crippen LogP contribution in [-0.4, -0.2) is 30.2 Å². The second kappa shape index (κ2) is 6.79. The number of hydrogen-bond acceptors (Lipinski definition) is 4. The Morgan fingerprint density at radius 2 is 2.25 bits per heavy atom.